The van der Waals surface area contributed by atoms with Crippen molar-refractivity contribution >= 4 is 5.91 Å². The number of hydrogen-bond acceptors (Lipinski definition) is 4. The zero-order valence-electron chi connectivity index (χ0n) is 10.8. The zero-order chi connectivity index (χ0) is 12.9. The summed E-state index contributed by atoms with van der Waals surface area (Å²) in [7, 11) is 1.60. The smallest absolute Gasteiger partial charge is 0.291 e. The summed E-state index contributed by atoms with van der Waals surface area (Å²) >= 11 is 0. The average molecular weight is 240 g/mol. The van der Waals surface area contributed by atoms with Gasteiger partial charge in [0.2, 0.25) is 5.82 Å². The van der Waals surface area contributed by atoms with Crippen molar-refractivity contribution in [2.24, 2.45) is 0 Å². The Morgan fingerprint density at radius 1 is 1.53 bits per heavy atom. The summed E-state index contributed by atoms with van der Waals surface area (Å²) in [6.07, 6.45) is 1.76. The summed E-state index contributed by atoms with van der Waals surface area (Å²) in [5.74, 6) is 0.630. The van der Waals surface area contributed by atoms with Crippen LogP contribution in [0.15, 0.2) is 0 Å². The summed E-state index contributed by atoms with van der Waals surface area (Å²) in [6, 6.07) is 0. The molecule has 0 aliphatic carbocycles. The highest BCUT2D eigenvalue weighted by atomic mass is 16.5. The van der Waals surface area contributed by atoms with Gasteiger partial charge in [-0.1, -0.05) is 6.92 Å². The van der Waals surface area contributed by atoms with Crippen LogP contribution in [0.1, 0.15) is 43.6 Å². The normalized spacial score (nSPS) is 11.5. The number of amides is 1. The third kappa shape index (κ3) is 4.14. The first-order chi connectivity index (χ1) is 7.98. The predicted molar refractivity (Wildman–Crippen MR) is 63.8 cm³/mol. The quantitative estimate of drug-likeness (QED) is 0.774. The van der Waals surface area contributed by atoms with E-state index in [0.29, 0.717) is 6.61 Å². The molecule has 0 unspecified atom stereocenters. The number of rotatable bonds is 6. The van der Waals surface area contributed by atoms with E-state index >= 15 is 0 Å². The molecule has 0 saturated carbocycles. The van der Waals surface area contributed by atoms with Gasteiger partial charge in [0.1, 0.15) is 5.82 Å². The molecule has 17 heavy (non-hydrogen) atoms. The van der Waals surface area contributed by atoms with Crippen LogP contribution < -0.4 is 5.32 Å². The van der Waals surface area contributed by atoms with Crippen molar-refractivity contribution in [1.29, 1.82) is 0 Å². The molecular formula is C11H20N4O2. The van der Waals surface area contributed by atoms with Crippen molar-refractivity contribution in [1.82, 2.24) is 20.5 Å². The molecule has 0 radical (unpaired) electrons. The molecule has 1 heterocycles. The minimum Gasteiger partial charge on any atom is -0.382 e. The maximum absolute atomic E-state index is 11.8. The van der Waals surface area contributed by atoms with E-state index < -0.39 is 5.54 Å². The van der Waals surface area contributed by atoms with Crippen LogP contribution in [0.25, 0.3) is 0 Å². The van der Waals surface area contributed by atoms with Crippen LogP contribution in [0.2, 0.25) is 0 Å². The molecule has 6 nitrogen and oxygen atoms in total. The Balaban J connectivity index is 2.63. The molecule has 0 bridgehead atoms. The van der Waals surface area contributed by atoms with Crippen molar-refractivity contribution in [3.63, 3.8) is 0 Å². The first-order valence-electron chi connectivity index (χ1n) is 5.71. The molecule has 1 rings (SSSR count). The van der Waals surface area contributed by atoms with Gasteiger partial charge in [-0.15, -0.1) is 5.10 Å². The third-order valence-electron chi connectivity index (χ3n) is 2.18. The van der Waals surface area contributed by atoms with Gasteiger partial charge >= 0.3 is 0 Å². The van der Waals surface area contributed by atoms with Gasteiger partial charge in [-0.3, -0.25) is 9.89 Å². The molecule has 0 fully saturated rings. The third-order valence-corrected chi connectivity index (χ3v) is 2.18. The number of carbonyl (C=O) groups excluding carboxylic acids is 1. The van der Waals surface area contributed by atoms with Gasteiger partial charge in [-0.05, 0) is 20.3 Å². The van der Waals surface area contributed by atoms with Gasteiger partial charge in [0.15, 0.2) is 0 Å². The highest BCUT2D eigenvalue weighted by Crippen LogP contribution is 2.04. The Morgan fingerprint density at radius 3 is 2.82 bits per heavy atom. The first kappa shape index (κ1) is 13.6. The molecular weight excluding hydrogens is 220 g/mol. The monoisotopic (exact) mass is 240 g/mol. The number of carbonyl (C=O) groups is 1. The largest absolute Gasteiger partial charge is 0.382 e. The van der Waals surface area contributed by atoms with E-state index in [4.69, 9.17) is 4.74 Å². The Labute approximate surface area is 101 Å². The highest BCUT2D eigenvalue weighted by Gasteiger charge is 2.23. The first-order valence-corrected chi connectivity index (χ1v) is 5.71. The number of hydrogen-bond donors (Lipinski definition) is 2. The molecule has 6 heteroatoms. The fraction of sp³-hybridized carbons (Fsp3) is 0.727. The van der Waals surface area contributed by atoms with Gasteiger partial charge < -0.3 is 10.1 Å². The molecule has 96 valence electrons. The van der Waals surface area contributed by atoms with E-state index in [-0.39, 0.29) is 11.7 Å². The van der Waals surface area contributed by atoms with E-state index in [1.807, 2.05) is 20.8 Å². The van der Waals surface area contributed by atoms with Crippen LogP contribution in [-0.2, 0) is 11.2 Å². The minimum absolute atomic E-state index is 0.178. The fourth-order valence-electron chi connectivity index (χ4n) is 1.51. The molecule has 0 aromatic carbocycles. The lowest BCUT2D eigenvalue weighted by Gasteiger charge is -2.24. The van der Waals surface area contributed by atoms with E-state index in [9.17, 15) is 4.79 Å². The molecule has 0 aliphatic rings. The summed E-state index contributed by atoms with van der Waals surface area (Å²) < 4.78 is 5.02. The summed E-state index contributed by atoms with van der Waals surface area (Å²) in [4.78, 5) is 16.0. The molecule has 1 amide bonds. The Bertz CT molecular complexity index is 373. The van der Waals surface area contributed by atoms with Crippen molar-refractivity contribution in [3.05, 3.63) is 11.6 Å². The van der Waals surface area contributed by atoms with E-state index in [0.717, 1.165) is 18.7 Å². The maximum atomic E-state index is 11.8. The van der Waals surface area contributed by atoms with E-state index in [1.165, 1.54) is 0 Å². The molecule has 1 aromatic rings. The number of nitrogens with zero attached hydrogens (tertiary/aromatic N) is 2. The van der Waals surface area contributed by atoms with E-state index in [2.05, 4.69) is 20.5 Å². The lowest BCUT2D eigenvalue weighted by molar-refractivity contribution is 0.0810. The van der Waals surface area contributed by atoms with Crippen LogP contribution in [0.4, 0.5) is 0 Å². The Morgan fingerprint density at radius 2 is 2.24 bits per heavy atom. The van der Waals surface area contributed by atoms with Crippen molar-refractivity contribution in [2.45, 2.75) is 39.2 Å². The van der Waals surface area contributed by atoms with Crippen LogP contribution in [-0.4, -0.2) is 40.3 Å². The van der Waals surface area contributed by atoms with Gasteiger partial charge in [-0.25, -0.2) is 4.98 Å². The van der Waals surface area contributed by atoms with E-state index in [1.54, 1.807) is 7.11 Å². The van der Waals surface area contributed by atoms with Crippen molar-refractivity contribution in [3.8, 4) is 0 Å². The number of methoxy groups -OCH3 is 1. The number of H-pyrrole nitrogens is 1. The summed E-state index contributed by atoms with van der Waals surface area (Å²) in [5, 5.41) is 9.46. The second-order valence-corrected chi connectivity index (χ2v) is 4.63. The van der Waals surface area contributed by atoms with Crippen LogP contribution in [0.3, 0.4) is 0 Å². The predicted octanol–water partition coefficient (Wildman–Crippen LogP) is 0.912. The molecule has 0 atom stereocenters. The SMILES string of the molecule is CCCc1nc(C(=O)NC(C)(C)COC)n[nH]1. The second kappa shape index (κ2) is 5.77. The average Bonchev–Trinajstić information content (AvgIpc) is 2.66. The standard InChI is InChI=1S/C11H20N4O2/c1-5-6-8-12-9(15-14-8)10(16)13-11(2,3)7-17-4/h5-7H2,1-4H3,(H,13,16)(H,12,14,15). The topological polar surface area (TPSA) is 79.9 Å². The number of nitrogens with one attached hydrogen (secondary N) is 2. The van der Waals surface area contributed by atoms with Crippen LogP contribution >= 0.6 is 0 Å². The number of aromatic amines is 1. The Hall–Kier alpha value is -1.43. The van der Waals surface area contributed by atoms with Gasteiger partial charge in [0.25, 0.3) is 5.91 Å². The fourth-order valence-corrected chi connectivity index (χ4v) is 1.51. The lowest BCUT2D eigenvalue weighted by Crippen LogP contribution is -2.47. The highest BCUT2D eigenvalue weighted by molar-refractivity contribution is 5.90. The lowest BCUT2D eigenvalue weighted by atomic mass is 10.1. The number of ether oxygens (including phenoxy) is 1. The molecule has 1 aromatic heterocycles. The van der Waals surface area contributed by atoms with Gasteiger partial charge in [0.05, 0.1) is 12.1 Å². The summed E-state index contributed by atoms with van der Waals surface area (Å²) in [6.45, 7) is 6.25. The number of aromatic nitrogens is 3. The summed E-state index contributed by atoms with van der Waals surface area (Å²) in [5.41, 5.74) is -0.433. The van der Waals surface area contributed by atoms with Gasteiger partial charge in [0, 0.05) is 13.5 Å². The van der Waals surface area contributed by atoms with Crippen LogP contribution in [0.5, 0.6) is 0 Å². The maximum Gasteiger partial charge on any atom is 0.291 e. The molecule has 2 N–H and O–H groups in total. The van der Waals surface area contributed by atoms with Crippen LogP contribution in [0, 0.1) is 0 Å². The molecule has 0 aliphatic heterocycles. The zero-order valence-corrected chi connectivity index (χ0v) is 10.8. The number of aryl methyl sites for hydroxylation is 1. The van der Waals surface area contributed by atoms with Crippen molar-refractivity contribution in [2.75, 3.05) is 13.7 Å². The minimum atomic E-state index is -0.433. The Kier molecular flexibility index (Phi) is 4.62. The molecule has 0 saturated heterocycles. The molecule has 0 spiro atoms. The second-order valence-electron chi connectivity index (χ2n) is 4.63. The van der Waals surface area contributed by atoms with Gasteiger partial charge in [-0.2, -0.15) is 0 Å². The van der Waals surface area contributed by atoms with Crippen molar-refractivity contribution < 1.29 is 9.53 Å².